The average molecular weight is 563 g/mol. The Morgan fingerprint density at radius 2 is 0.773 bits per heavy atom. The van der Waals surface area contributed by atoms with E-state index in [4.69, 9.17) is 0 Å². The first-order chi connectivity index (χ1) is 21.8. The first-order valence-corrected chi connectivity index (χ1v) is 15.0. The fraction of sp³-hybridized carbons (Fsp3) is 0. The van der Waals surface area contributed by atoms with Crippen LogP contribution in [0.15, 0.2) is 182 Å². The molecule has 0 radical (unpaired) electrons. The lowest BCUT2D eigenvalue weighted by atomic mass is 10.0. The largest absolute Gasteiger partial charge is 0.310 e. The summed E-state index contributed by atoms with van der Waals surface area (Å²) in [5.41, 5.74) is 11.7. The van der Waals surface area contributed by atoms with Crippen molar-refractivity contribution in [2.45, 2.75) is 0 Å². The Balaban J connectivity index is 1.24. The fourth-order valence-electron chi connectivity index (χ4n) is 6.29. The van der Waals surface area contributed by atoms with Crippen molar-refractivity contribution >= 4 is 38.9 Å². The van der Waals surface area contributed by atoms with Crippen LogP contribution in [0.4, 0.5) is 17.1 Å². The molecule has 0 atom stereocenters. The van der Waals surface area contributed by atoms with E-state index in [2.05, 4.69) is 191 Å². The van der Waals surface area contributed by atoms with Gasteiger partial charge in [-0.2, -0.15) is 0 Å². The van der Waals surface area contributed by atoms with E-state index in [1.165, 1.54) is 44.1 Å². The topological polar surface area (TPSA) is 8.17 Å². The number of fused-ring (bicyclic) bond motifs is 3. The molecule has 1 heterocycles. The molecular formula is C42H30N2. The molecule has 0 amide bonds. The molecule has 44 heavy (non-hydrogen) atoms. The van der Waals surface area contributed by atoms with Gasteiger partial charge in [0.25, 0.3) is 0 Å². The molecule has 0 unspecified atom stereocenters. The van der Waals surface area contributed by atoms with Crippen LogP contribution in [0.1, 0.15) is 0 Å². The molecule has 0 saturated heterocycles. The van der Waals surface area contributed by atoms with Gasteiger partial charge >= 0.3 is 0 Å². The maximum atomic E-state index is 2.36. The van der Waals surface area contributed by atoms with E-state index >= 15 is 0 Å². The number of hydrogen-bond acceptors (Lipinski definition) is 1. The maximum Gasteiger partial charge on any atom is 0.0541 e. The van der Waals surface area contributed by atoms with Gasteiger partial charge in [0.2, 0.25) is 0 Å². The van der Waals surface area contributed by atoms with E-state index in [1.807, 2.05) is 0 Å². The Morgan fingerprint density at radius 3 is 1.36 bits per heavy atom. The normalized spacial score (nSPS) is 11.2. The lowest BCUT2D eigenvalue weighted by Crippen LogP contribution is -2.10. The zero-order chi connectivity index (χ0) is 29.3. The van der Waals surface area contributed by atoms with Gasteiger partial charge in [-0.05, 0) is 82.9 Å². The smallest absolute Gasteiger partial charge is 0.0541 e. The second kappa shape index (κ2) is 11.1. The van der Waals surface area contributed by atoms with Crippen LogP contribution in [0.3, 0.4) is 0 Å². The van der Waals surface area contributed by atoms with Crippen LogP contribution in [0.25, 0.3) is 49.7 Å². The molecule has 0 fully saturated rings. The quantitative estimate of drug-likeness (QED) is 0.196. The molecular weight excluding hydrogens is 532 g/mol. The van der Waals surface area contributed by atoms with Crippen LogP contribution in [-0.2, 0) is 0 Å². The molecule has 7 aromatic carbocycles. The van der Waals surface area contributed by atoms with Gasteiger partial charge in [0.1, 0.15) is 0 Å². The van der Waals surface area contributed by atoms with E-state index in [9.17, 15) is 0 Å². The number of rotatable bonds is 6. The molecule has 0 aliphatic carbocycles. The third-order valence-corrected chi connectivity index (χ3v) is 8.39. The van der Waals surface area contributed by atoms with Gasteiger partial charge in [-0.25, -0.2) is 0 Å². The van der Waals surface area contributed by atoms with Gasteiger partial charge in [-0.3, -0.25) is 0 Å². The second-order valence-electron chi connectivity index (χ2n) is 11.1. The summed E-state index contributed by atoms with van der Waals surface area (Å²) in [4.78, 5) is 2.34. The monoisotopic (exact) mass is 562 g/mol. The highest BCUT2D eigenvalue weighted by molar-refractivity contribution is 6.09. The number of aromatic nitrogens is 1. The van der Waals surface area contributed by atoms with Gasteiger partial charge in [-0.1, -0.05) is 121 Å². The van der Waals surface area contributed by atoms with Gasteiger partial charge in [0.15, 0.2) is 0 Å². The van der Waals surface area contributed by atoms with E-state index in [1.54, 1.807) is 0 Å². The highest BCUT2D eigenvalue weighted by Gasteiger charge is 2.16. The van der Waals surface area contributed by atoms with E-state index in [0.29, 0.717) is 0 Å². The number of hydrogen-bond donors (Lipinski definition) is 0. The van der Waals surface area contributed by atoms with Crippen molar-refractivity contribution < 1.29 is 0 Å². The minimum Gasteiger partial charge on any atom is -0.310 e. The van der Waals surface area contributed by atoms with Crippen LogP contribution < -0.4 is 4.90 Å². The third-order valence-electron chi connectivity index (χ3n) is 8.39. The molecule has 0 spiro atoms. The zero-order valence-electron chi connectivity index (χ0n) is 24.2. The van der Waals surface area contributed by atoms with Crippen molar-refractivity contribution in [2.75, 3.05) is 4.90 Å². The van der Waals surface area contributed by atoms with Crippen LogP contribution >= 0.6 is 0 Å². The third kappa shape index (κ3) is 4.63. The van der Waals surface area contributed by atoms with Crippen molar-refractivity contribution in [1.29, 1.82) is 0 Å². The van der Waals surface area contributed by atoms with Crippen molar-refractivity contribution in [3.63, 3.8) is 0 Å². The summed E-state index contributed by atoms with van der Waals surface area (Å²) in [6, 6.07) is 65.0. The van der Waals surface area contributed by atoms with Crippen LogP contribution in [0.5, 0.6) is 0 Å². The van der Waals surface area contributed by atoms with Crippen LogP contribution in [-0.4, -0.2) is 4.57 Å². The molecule has 2 heteroatoms. The Morgan fingerprint density at radius 1 is 0.318 bits per heavy atom. The average Bonchev–Trinajstić information content (AvgIpc) is 3.44. The van der Waals surface area contributed by atoms with Gasteiger partial charge in [-0.15, -0.1) is 0 Å². The molecule has 0 aliphatic rings. The summed E-state index contributed by atoms with van der Waals surface area (Å²) >= 11 is 0. The molecule has 8 rings (SSSR count). The Hall–Kier alpha value is -5.86. The maximum absolute atomic E-state index is 2.36. The molecule has 2 nitrogen and oxygen atoms in total. The molecule has 1 aromatic heterocycles. The summed E-state index contributed by atoms with van der Waals surface area (Å²) in [7, 11) is 0. The summed E-state index contributed by atoms with van der Waals surface area (Å²) in [6.07, 6.45) is 0. The summed E-state index contributed by atoms with van der Waals surface area (Å²) < 4.78 is 2.36. The fourth-order valence-corrected chi connectivity index (χ4v) is 6.29. The SMILES string of the molecule is c1ccc(-c2ccc(N(c3ccc(-n4c5ccccc5c5ccccc54)cc3)c3cccc(-c4ccccc4)c3)cc2)cc1. The molecule has 0 bridgehead atoms. The number of benzene rings is 7. The molecule has 0 aliphatic heterocycles. The molecule has 0 N–H and O–H groups in total. The lowest BCUT2D eigenvalue weighted by molar-refractivity contribution is 1.17. The Labute approximate surface area is 257 Å². The lowest BCUT2D eigenvalue weighted by Gasteiger charge is -2.26. The highest BCUT2D eigenvalue weighted by atomic mass is 15.1. The first-order valence-electron chi connectivity index (χ1n) is 15.0. The zero-order valence-corrected chi connectivity index (χ0v) is 24.2. The Bertz CT molecular complexity index is 2140. The minimum absolute atomic E-state index is 1.10. The first kappa shape index (κ1) is 25.8. The standard InChI is InChI=1S/C42H30N2/c1-3-12-31(13-4-1)33-22-24-35(25-23-33)43(38-17-11-16-34(30-38)32-14-5-2-6-15-32)36-26-28-37(29-27-36)44-41-20-9-7-18-39(41)40-19-8-10-21-42(40)44/h1-30H. The number of nitrogens with zero attached hydrogens (tertiary/aromatic N) is 2. The number of para-hydroxylation sites is 2. The summed E-state index contributed by atoms with van der Waals surface area (Å²) in [5.74, 6) is 0. The minimum atomic E-state index is 1.10. The van der Waals surface area contributed by atoms with Crippen molar-refractivity contribution in [1.82, 2.24) is 4.57 Å². The highest BCUT2D eigenvalue weighted by Crippen LogP contribution is 2.39. The van der Waals surface area contributed by atoms with E-state index in [-0.39, 0.29) is 0 Å². The van der Waals surface area contributed by atoms with Gasteiger partial charge in [0.05, 0.1) is 11.0 Å². The van der Waals surface area contributed by atoms with Crippen molar-refractivity contribution in [3.05, 3.63) is 182 Å². The van der Waals surface area contributed by atoms with Crippen molar-refractivity contribution in [2.24, 2.45) is 0 Å². The summed E-state index contributed by atoms with van der Waals surface area (Å²) in [6.45, 7) is 0. The predicted octanol–water partition coefficient (Wildman–Crippen LogP) is 11.6. The van der Waals surface area contributed by atoms with Gasteiger partial charge in [0, 0.05) is 33.5 Å². The number of anilines is 3. The van der Waals surface area contributed by atoms with Crippen LogP contribution in [0, 0.1) is 0 Å². The molecule has 208 valence electrons. The van der Waals surface area contributed by atoms with E-state index in [0.717, 1.165) is 22.7 Å². The van der Waals surface area contributed by atoms with Gasteiger partial charge < -0.3 is 9.47 Å². The Kier molecular flexibility index (Phi) is 6.51. The second-order valence-corrected chi connectivity index (χ2v) is 11.1. The molecule has 0 saturated carbocycles. The van der Waals surface area contributed by atoms with E-state index < -0.39 is 0 Å². The summed E-state index contributed by atoms with van der Waals surface area (Å²) in [5, 5.41) is 2.54. The predicted molar refractivity (Wildman–Crippen MR) is 186 cm³/mol. The van der Waals surface area contributed by atoms with Crippen molar-refractivity contribution in [3.8, 4) is 27.9 Å². The van der Waals surface area contributed by atoms with Crippen LogP contribution in [0.2, 0.25) is 0 Å². The molecule has 8 aromatic rings.